The third-order valence-electron chi connectivity index (χ3n) is 2.40. The maximum atomic E-state index is 11.5. The fourth-order valence-electron chi connectivity index (χ4n) is 1.46. The number of nitrogens with zero attached hydrogens (tertiary/aromatic N) is 1. The summed E-state index contributed by atoms with van der Waals surface area (Å²) in [5.74, 6) is 0.377. The number of aliphatic imine (C=N–C) groups is 1. The van der Waals surface area contributed by atoms with Crippen LogP contribution in [0.25, 0.3) is 0 Å². The predicted molar refractivity (Wildman–Crippen MR) is 72.9 cm³/mol. The molecule has 0 aromatic heterocycles. The minimum absolute atomic E-state index is 0.0896. The SMILES string of the molecule is NC(N)=NCCCCCC(=O)Oc1ccc(O)cc1. The van der Waals surface area contributed by atoms with Gasteiger partial charge in [0.15, 0.2) is 5.96 Å². The Morgan fingerprint density at radius 3 is 2.47 bits per heavy atom. The fraction of sp³-hybridized carbons (Fsp3) is 0.385. The van der Waals surface area contributed by atoms with Crippen molar-refractivity contribution in [3.63, 3.8) is 0 Å². The van der Waals surface area contributed by atoms with E-state index >= 15 is 0 Å². The second-order valence-electron chi connectivity index (χ2n) is 4.09. The van der Waals surface area contributed by atoms with Crippen LogP contribution in [-0.2, 0) is 4.79 Å². The molecular weight excluding hydrogens is 246 g/mol. The highest BCUT2D eigenvalue weighted by Gasteiger charge is 2.04. The van der Waals surface area contributed by atoms with Gasteiger partial charge < -0.3 is 21.3 Å². The number of aromatic hydroxyl groups is 1. The molecule has 0 saturated carbocycles. The first-order valence-electron chi connectivity index (χ1n) is 6.13. The smallest absolute Gasteiger partial charge is 0.311 e. The van der Waals surface area contributed by atoms with Crippen LogP contribution in [0.5, 0.6) is 11.5 Å². The van der Waals surface area contributed by atoms with E-state index in [0.29, 0.717) is 18.7 Å². The molecule has 0 bridgehead atoms. The molecule has 104 valence electrons. The summed E-state index contributed by atoms with van der Waals surface area (Å²) in [6.07, 6.45) is 2.78. The van der Waals surface area contributed by atoms with E-state index in [1.165, 1.54) is 12.1 Å². The molecule has 0 unspecified atom stereocenters. The minimum Gasteiger partial charge on any atom is -0.508 e. The molecule has 0 saturated heterocycles. The van der Waals surface area contributed by atoms with Gasteiger partial charge in [0.25, 0.3) is 0 Å². The highest BCUT2D eigenvalue weighted by Crippen LogP contribution is 2.16. The van der Waals surface area contributed by atoms with Crippen molar-refractivity contribution >= 4 is 11.9 Å². The Hall–Kier alpha value is -2.24. The van der Waals surface area contributed by atoms with Gasteiger partial charge in [-0.2, -0.15) is 0 Å². The Bertz CT molecular complexity index is 425. The van der Waals surface area contributed by atoms with Crippen LogP contribution in [0.4, 0.5) is 0 Å². The van der Waals surface area contributed by atoms with Crippen LogP contribution in [-0.4, -0.2) is 23.6 Å². The highest BCUT2D eigenvalue weighted by atomic mass is 16.5. The summed E-state index contributed by atoms with van der Waals surface area (Å²) in [7, 11) is 0. The van der Waals surface area contributed by atoms with Crippen molar-refractivity contribution < 1.29 is 14.6 Å². The van der Waals surface area contributed by atoms with Crippen molar-refractivity contribution in [3.05, 3.63) is 24.3 Å². The number of hydrogen-bond donors (Lipinski definition) is 3. The molecule has 0 aliphatic carbocycles. The van der Waals surface area contributed by atoms with Gasteiger partial charge in [0, 0.05) is 13.0 Å². The maximum absolute atomic E-state index is 11.5. The van der Waals surface area contributed by atoms with E-state index in [1.54, 1.807) is 12.1 Å². The number of carbonyl (C=O) groups excluding carboxylic acids is 1. The Labute approximate surface area is 112 Å². The van der Waals surface area contributed by atoms with Crippen molar-refractivity contribution in [3.8, 4) is 11.5 Å². The van der Waals surface area contributed by atoms with Gasteiger partial charge in [-0.25, -0.2) is 0 Å². The van der Waals surface area contributed by atoms with Gasteiger partial charge in [-0.15, -0.1) is 0 Å². The van der Waals surface area contributed by atoms with E-state index in [-0.39, 0.29) is 17.7 Å². The lowest BCUT2D eigenvalue weighted by Gasteiger charge is -2.04. The molecule has 0 heterocycles. The summed E-state index contributed by atoms with van der Waals surface area (Å²) in [5.41, 5.74) is 10.4. The van der Waals surface area contributed by atoms with E-state index in [1.807, 2.05) is 0 Å². The second kappa shape index (κ2) is 7.97. The molecule has 1 aromatic rings. The molecule has 0 spiro atoms. The summed E-state index contributed by atoms with van der Waals surface area (Å²) in [5, 5.41) is 9.08. The number of benzene rings is 1. The van der Waals surface area contributed by atoms with E-state index in [9.17, 15) is 4.79 Å². The zero-order valence-electron chi connectivity index (χ0n) is 10.7. The average Bonchev–Trinajstić information content (AvgIpc) is 2.36. The molecular formula is C13H19N3O3. The van der Waals surface area contributed by atoms with Crippen LogP contribution < -0.4 is 16.2 Å². The summed E-state index contributed by atoms with van der Waals surface area (Å²) in [6.45, 7) is 0.579. The zero-order valence-corrected chi connectivity index (χ0v) is 10.7. The third-order valence-corrected chi connectivity index (χ3v) is 2.40. The van der Waals surface area contributed by atoms with Crippen molar-refractivity contribution in [2.24, 2.45) is 16.5 Å². The van der Waals surface area contributed by atoms with Crippen LogP contribution in [0.2, 0.25) is 0 Å². The number of hydrogen-bond acceptors (Lipinski definition) is 4. The van der Waals surface area contributed by atoms with Crippen LogP contribution in [0.15, 0.2) is 29.3 Å². The fourth-order valence-corrected chi connectivity index (χ4v) is 1.46. The lowest BCUT2D eigenvalue weighted by Crippen LogP contribution is -2.22. The van der Waals surface area contributed by atoms with Gasteiger partial charge in [-0.05, 0) is 37.1 Å². The summed E-state index contributed by atoms with van der Waals surface area (Å²) in [6, 6.07) is 6.04. The molecule has 0 aliphatic rings. The molecule has 6 nitrogen and oxygen atoms in total. The highest BCUT2D eigenvalue weighted by molar-refractivity contribution is 5.75. The van der Waals surface area contributed by atoms with Crippen LogP contribution >= 0.6 is 0 Å². The number of guanidine groups is 1. The number of rotatable bonds is 7. The molecule has 0 amide bonds. The molecule has 0 aliphatic heterocycles. The van der Waals surface area contributed by atoms with Gasteiger partial charge in [-0.1, -0.05) is 6.42 Å². The minimum atomic E-state index is -0.285. The zero-order chi connectivity index (χ0) is 14.1. The van der Waals surface area contributed by atoms with Crippen molar-refractivity contribution in [1.82, 2.24) is 0 Å². The topological polar surface area (TPSA) is 111 Å². The van der Waals surface area contributed by atoms with E-state index in [2.05, 4.69) is 4.99 Å². The maximum Gasteiger partial charge on any atom is 0.311 e. The second-order valence-corrected chi connectivity index (χ2v) is 4.09. The molecule has 5 N–H and O–H groups in total. The Kier molecular flexibility index (Phi) is 6.21. The Balaban J connectivity index is 2.14. The monoisotopic (exact) mass is 265 g/mol. The predicted octanol–water partition coefficient (Wildman–Crippen LogP) is 1.13. The molecule has 19 heavy (non-hydrogen) atoms. The standard InChI is InChI=1S/C13H19N3O3/c14-13(15)16-9-3-1-2-4-12(18)19-11-7-5-10(17)6-8-11/h5-8,17H,1-4,9H2,(H4,14,15,16). The van der Waals surface area contributed by atoms with Gasteiger partial charge in [0.05, 0.1) is 0 Å². The first kappa shape index (κ1) is 14.8. The summed E-state index contributed by atoms with van der Waals surface area (Å²) < 4.78 is 5.10. The molecule has 0 atom stereocenters. The molecule has 1 aromatic carbocycles. The van der Waals surface area contributed by atoms with E-state index in [0.717, 1.165) is 19.3 Å². The molecule has 0 fully saturated rings. The number of unbranched alkanes of at least 4 members (excludes halogenated alkanes) is 2. The van der Waals surface area contributed by atoms with Crippen molar-refractivity contribution in [2.75, 3.05) is 6.54 Å². The van der Waals surface area contributed by atoms with Gasteiger partial charge in [-0.3, -0.25) is 9.79 Å². The summed E-state index contributed by atoms with van der Waals surface area (Å²) >= 11 is 0. The Morgan fingerprint density at radius 2 is 1.84 bits per heavy atom. The third kappa shape index (κ3) is 6.92. The number of phenolic OH excluding ortho intramolecular Hbond substituents is 1. The average molecular weight is 265 g/mol. The normalized spacial score (nSPS) is 9.89. The van der Waals surface area contributed by atoms with Crippen LogP contribution in [0.1, 0.15) is 25.7 Å². The van der Waals surface area contributed by atoms with Crippen LogP contribution in [0, 0.1) is 0 Å². The lowest BCUT2D eigenvalue weighted by molar-refractivity contribution is -0.134. The first-order valence-corrected chi connectivity index (χ1v) is 6.13. The number of carbonyl (C=O) groups is 1. The van der Waals surface area contributed by atoms with Gasteiger partial charge >= 0.3 is 5.97 Å². The lowest BCUT2D eigenvalue weighted by atomic mass is 10.2. The molecule has 1 rings (SSSR count). The largest absolute Gasteiger partial charge is 0.508 e. The van der Waals surface area contributed by atoms with Crippen LogP contribution in [0.3, 0.4) is 0 Å². The number of ether oxygens (including phenoxy) is 1. The van der Waals surface area contributed by atoms with E-state index < -0.39 is 0 Å². The van der Waals surface area contributed by atoms with Gasteiger partial charge in [0.1, 0.15) is 11.5 Å². The van der Waals surface area contributed by atoms with Crippen molar-refractivity contribution in [1.29, 1.82) is 0 Å². The summed E-state index contributed by atoms with van der Waals surface area (Å²) in [4.78, 5) is 15.3. The van der Waals surface area contributed by atoms with E-state index in [4.69, 9.17) is 21.3 Å². The first-order chi connectivity index (χ1) is 9.08. The Morgan fingerprint density at radius 1 is 1.16 bits per heavy atom. The quantitative estimate of drug-likeness (QED) is 0.225. The molecule has 6 heteroatoms. The number of phenols is 1. The molecule has 0 radical (unpaired) electrons. The number of nitrogens with two attached hydrogens (primary N) is 2. The van der Waals surface area contributed by atoms with Gasteiger partial charge in [0.2, 0.25) is 0 Å². The van der Waals surface area contributed by atoms with Crippen molar-refractivity contribution in [2.45, 2.75) is 25.7 Å². The number of esters is 1.